The number of carbonyl (C=O) groups excluding carboxylic acids is 1. The Morgan fingerprint density at radius 3 is 2.74 bits per heavy atom. The first-order valence-corrected chi connectivity index (χ1v) is 9.72. The summed E-state index contributed by atoms with van der Waals surface area (Å²) in [5.74, 6) is 1.54. The molecule has 0 radical (unpaired) electrons. The van der Waals surface area contributed by atoms with Crippen LogP contribution in [0, 0.1) is 0 Å². The number of carbonyl (C=O) groups is 1. The molecular formula is C23H25N3O. The maximum atomic E-state index is 13.2. The molecule has 4 heteroatoms. The van der Waals surface area contributed by atoms with E-state index in [0.717, 1.165) is 55.0 Å². The summed E-state index contributed by atoms with van der Waals surface area (Å²) < 4.78 is 2.19. The summed E-state index contributed by atoms with van der Waals surface area (Å²) in [4.78, 5) is 19.7. The van der Waals surface area contributed by atoms with E-state index in [-0.39, 0.29) is 5.91 Å². The zero-order chi connectivity index (χ0) is 18.6. The molecule has 0 N–H and O–H groups in total. The summed E-state index contributed by atoms with van der Waals surface area (Å²) in [7, 11) is 0. The fraction of sp³-hybridized carbons (Fsp3) is 0.304. The maximum Gasteiger partial charge on any atom is 0.253 e. The highest BCUT2D eigenvalue weighted by Crippen LogP contribution is 2.28. The Labute approximate surface area is 160 Å². The van der Waals surface area contributed by atoms with Crippen molar-refractivity contribution >= 4 is 5.91 Å². The van der Waals surface area contributed by atoms with E-state index in [2.05, 4.69) is 34.7 Å². The highest BCUT2D eigenvalue weighted by Gasteiger charge is 2.27. The Kier molecular flexibility index (Phi) is 5.05. The van der Waals surface area contributed by atoms with Gasteiger partial charge in [-0.3, -0.25) is 4.79 Å². The van der Waals surface area contributed by atoms with Gasteiger partial charge in [0.05, 0.1) is 0 Å². The van der Waals surface area contributed by atoms with Crippen molar-refractivity contribution in [2.45, 2.75) is 32.2 Å². The first kappa shape index (κ1) is 17.5. The lowest BCUT2D eigenvalue weighted by atomic mass is 9.96. The van der Waals surface area contributed by atoms with Gasteiger partial charge in [-0.1, -0.05) is 42.5 Å². The molecule has 138 valence electrons. The molecule has 0 unspecified atom stereocenters. The number of hydrogen-bond donors (Lipinski definition) is 0. The largest absolute Gasteiger partial charge is 0.338 e. The third kappa shape index (κ3) is 3.65. The van der Waals surface area contributed by atoms with Crippen LogP contribution in [-0.4, -0.2) is 33.4 Å². The van der Waals surface area contributed by atoms with Gasteiger partial charge in [-0.05, 0) is 43.0 Å². The number of amides is 1. The predicted octanol–water partition coefficient (Wildman–Crippen LogP) is 4.59. The van der Waals surface area contributed by atoms with Crippen molar-refractivity contribution in [2.75, 3.05) is 13.1 Å². The molecule has 4 rings (SSSR count). The van der Waals surface area contributed by atoms with Crippen molar-refractivity contribution in [1.82, 2.24) is 14.5 Å². The van der Waals surface area contributed by atoms with Crippen molar-refractivity contribution in [2.24, 2.45) is 0 Å². The van der Waals surface area contributed by atoms with Gasteiger partial charge in [0.25, 0.3) is 5.91 Å². The molecule has 0 spiro atoms. The fourth-order valence-corrected chi connectivity index (χ4v) is 3.97. The lowest BCUT2D eigenvalue weighted by Crippen LogP contribution is -2.39. The number of imidazole rings is 1. The Hall–Kier alpha value is -2.88. The van der Waals surface area contributed by atoms with Crippen LogP contribution in [0.25, 0.3) is 11.1 Å². The van der Waals surface area contributed by atoms with Crippen LogP contribution in [0.1, 0.15) is 41.9 Å². The topological polar surface area (TPSA) is 38.1 Å². The molecule has 1 aliphatic heterocycles. The minimum Gasteiger partial charge on any atom is -0.338 e. The Morgan fingerprint density at radius 2 is 1.93 bits per heavy atom. The van der Waals surface area contributed by atoms with Crippen LogP contribution in [0.2, 0.25) is 0 Å². The van der Waals surface area contributed by atoms with Crippen LogP contribution < -0.4 is 0 Å². The van der Waals surface area contributed by atoms with Gasteiger partial charge in [0.1, 0.15) is 5.82 Å². The van der Waals surface area contributed by atoms with E-state index in [1.54, 1.807) is 0 Å². The van der Waals surface area contributed by atoms with Crippen LogP contribution >= 0.6 is 0 Å². The molecule has 0 aliphatic carbocycles. The fourth-order valence-electron chi connectivity index (χ4n) is 3.97. The second-order valence-corrected chi connectivity index (χ2v) is 7.11. The van der Waals surface area contributed by atoms with E-state index < -0.39 is 0 Å². The van der Waals surface area contributed by atoms with Crippen molar-refractivity contribution in [1.29, 1.82) is 0 Å². The second kappa shape index (κ2) is 7.78. The van der Waals surface area contributed by atoms with E-state index in [1.807, 2.05) is 53.7 Å². The van der Waals surface area contributed by atoms with Crippen LogP contribution in [0.3, 0.4) is 0 Å². The zero-order valence-electron chi connectivity index (χ0n) is 15.7. The molecule has 1 saturated heterocycles. The summed E-state index contributed by atoms with van der Waals surface area (Å²) in [5.41, 5.74) is 2.97. The lowest BCUT2D eigenvalue weighted by molar-refractivity contribution is 0.0703. The highest BCUT2D eigenvalue weighted by molar-refractivity contribution is 5.95. The van der Waals surface area contributed by atoms with Crippen LogP contribution in [-0.2, 0) is 6.54 Å². The summed E-state index contributed by atoms with van der Waals surface area (Å²) in [6.45, 7) is 4.61. The molecule has 0 saturated carbocycles. The van der Waals surface area contributed by atoms with E-state index in [9.17, 15) is 4.79 Å². The summed E-state index contributed by atoms with van der Waals surface area (Å²) >= 11 is 0. The third-order valence-corrected chi connectivity index (χ3v) is 5.38. The summed E-state index contributed by atoms with van der Waals surface area (Å²) in [5, 5.41) is 0. The van der Waals surface area contributed by atoms with Crippen molar-refractivity contribution < 1.29 is 4.79 Å². The highest BCUT2D eigenvalue weighted by atomic mass is 16.2. The number of likely N-dealkylation sites (tertiary alicyclic amines) is 1. The van der Waals surface area contributed by atoms with E-state index >= 15 is 0 Å². The molecular weight excluding hydrogens is 334 g/mol. The first-order valence-electron chi connectivity index (χ1n) is 9.72. The quantitative estimate of drug-likeness (QED) is 0.683. The van der Waals surface area contributed by atoms with Gasteiger partial charge in [0, 0.05) is 43.5 Å². The zero-order valence-corrected chi connectivity index (χ0v) is 15.7. The van der Waals surface area contributed by atoms with Crippen LogP contribution in [0.5, 0.6) is 0 Å². The summed E-state index contributed by atoms with van der Waals surface area (Å²) in [6, 6.07) is 18.2. The third-order valence-electron chi connectivity index (χ3n) is 5.38. The number of hydrogen-bond acceptors (Lipinski definition) is 2. The average Bonchev–Trinajstić information content (AvgIpc) is 3.23. The molecule has 4 nitrogen and oxygen atoms in total. The molecule has 2 heterocycles. The molecule has 1 aromatic heterocycles. The smallest absolute Gasteiger partial charge is 0.253 e. The molecule has 3 aromatic rings. The number of piperidine rings is 1. The van der Waals surface area contributed by atoms with Crippen LogP contribution in [0.15, 0.2) is 67.0 Å². The normalized spacial score (nSPS) is 17.1. The van der Waals surface area contributed by atoms with Gasteiger partial charge in [-0.15, -0.1) is 0 Å². The first-order chi connectivity index (χ1) is 13.3. The van der Waals surface area contributed by atoms with Gasteiger partial charge >= 0.3 is 0 Å². The minimum absolute atomic E-state index is 0.118. The SMILES string of the molecule is CCn1ccnc1[C@H]1CCCN(C(=O)c2cccc(-c3ccccc3)c2)C1. The predicted molar refractivity (Wildman–Crippen MR) is 108 cm³/mol. The van der Waals surface area contributed by atoms with E-state index in [0.29, 0.717) is 5.92 Å². The molecule has 1 atom stereocenters. The Bertz CT molecular complexity index is 916. The number of rotatable bonds is 4. The number of aryl methyl sites for hydroxylation is 1. The number of aromatic nitrogens is 2. The van der Waals surface area contributed by atoms with Gasteiger partial charge < -0.3 is 9.47 Å². The van der Waals surface area contributed by atoms with Crippen molar-refractivity contribution in [3.63, 3.8) is 0 Å². The monoisotopic (exact) mass is 359 g/mol. The van der Waals surface area contributed by atoms with E-state index in [1.165, 1.54) is 0 Å². The Morgan fingerprint density at radius 1 is 1.11 bits per heavy atom. The van der Waals surface area contributed by atoms with Gasteiger partial charge in [0.15, 0.2) is 0 Å². The molecule has 1 amide bonds. The lowest BCUT2D eigenvalue weighted by Gasteiger charge is -2.32. The van der Waals surface area contributed by atoms with E-state index in [4.69, 9.17) is 0 Å². The molecule has 1 fully saturated rings. The second-order valence-electron chi connectivity index (χ2n) is 7.11. The molecule has 0 bridgehead atoms. The number of nitrogens with zero attached hydrogens (tertiary/aromatic N) is 3. The van der Waals surface area contributed by atoms with Crippen molar-refractivity contribution in [3.05, 3.63) is 78.4 Å². The van der Waals surface area contributed by atoms with Crippen molar-refractivity contribution in [3.8, 4) is 11.1 Å². The van der Waals surface area contributed by atoms with Gasteiger partial charge in [-0.25, -0.2) is 4.98 Å². The average molecular weight is 359 g/mol. The molecule has 2 aromatic carbocycles. The Balaban J connectivity index is 1.54. The maximum absolute atomic E-state index is 13.2. The standard InChI is InChI=1S/C23H25N3O/c1-2-25-15-13-24-22(25)21-12-7-14-26(17-21)23(27)20-11-6-10-19(16-20)18-8-4-3-5-9-18/h3-6,8-11,13,15-16,21H,2,7,12,14,17H2,1H3/t21-/m0/s1. The number of benzene rings is 2. The van der Waals surface area contributed by atoms with Gasteiger partial charge in [0.2, 0.25) is 0 Å². The molecule has 1 aliphatic rings. The van der Waals surface area contributed by atoms with Crippen LogP contribution in [0.4, 0.5) is 0 Å². The molecule has 27 heavy (non-hydrogen) atoms. The summed E-state index contributed by atoms with van der Waals surface area (Å²) in [6.07, 6.45) is 6.00. The van der Waals surface area contributed by atoms with Gasteiger partial charge in [-0.2, -0.15) is 0 Å². The minimum atomic E-state index is 0.118.